The van der Waals surface area contributed by atoms with Gasteiger partial charge in [-0.15, -0.1) is 0 Å². The van der Waals surface area contributed by atoms with E-state index in [-0.39, 0.29) is 11.4 Å². The van der Waals surface area contributed by atoms with E-state index in [0.717, 1.165) is 5.56 Å². The molecule has 0 spiro atoms. The van der Waals surface area contributed by atoms with E-state index in [9.17, 15) is 4.79 Å². The van der Waals surface area contributed by atoms with E-state index < -0.39 is 0 Å². The van der Waals surface area contributed by atoms with Crippen molar-refractivity contribution in [3.05, 3.63) is 71.8 Å². The van der Waals surface area contributed by atoms with Gasteiger partial charge in [-0.25, -0.2) is 4.79 Å². The molecule has 0 atom stereocenters. The summed E-state index contributed by atoms with van der Waals surface area (Å²) in [6.45, 7) is 4.48. The first-order valence-corrected chi connectivity index (χ1v) is 6.37. The molecular weight excluding hydrogens is 236 g/mol. The van der Waals surface area contributed by atoms with E-state index in [1.807, 2.05) is 48.6 Å². The van der Waals surface area contributed by atoms with Crippen LogP contribution < -0.4 is 0 Å². The molecule has 1 aromatic carbocycles. The molecule has 0 N–H and O–H groups in total. The Bertz CT molecular complexity index is 534. The fourth-order valence-corrected chi connectivity index (χ4v) is 1.76. The van der Waals surface area contributed by atoms with Gasteiger partial charge in [0.25, 0.3) is 0 Å². The lowest BCUT2D eigenvalue weighted by Gasteiger charge is -2.12. The van der Waals surface area contributed by atoms with Crippen molar-refractivity contribution in [2.75, 3.05) is 0 Å². The normalized spacial score (nSPS) is 16.6. The zero-order valence-electron chi connectivity index (χ0n) is 11.3. The van der Waals surface area contributed by atoms with Crippen LogP contribution in [0.25, 0.3) is 0 Å². The first-order valence-electron chi connectivity index (χ1n) is 6.37. The average molecular weight is 254 g/mol. The minimum absolute atomic E-state index is 0.0298. The molecule has 0 unspecified atom stereocenters. The standard InChI is InChI=1S/C17H18O2/c1-17(2)11-6-9-15(10-12-17)16(18)19-13-14-7-4-3-5-8-14/h3-12H,13H2,1-2H3. The van der Waals surface area contributed by atoms with Gasteiger partial charge >= 0.3 is 5.97 Å². The maximum Gasteiger partial charge on any atom is 0.338 e. The summed E-state index contributed by atoms with van der Waals surface area (Å²) in [5.41, 5.74) is 1.54. The number of allylic oxidation sites excluding steroid dienone is 4. The van der Waals surface area contributed by atoms with Crippen molar-refractivity contribution >= 4 is 5.97 Å². The molecule has 0 aliphatic heterocycles. The lowest BCUT2D eigenvalue weighted by atomic mass is 9.93. The van der Waals surface area contributed by atoms with Crippen molar-refractivity contribution in [3.8, 4) is 0 Å². The third-order valence-electron chi connectivity index (χ3n) is 2.94. The number of rotatable bonds is 3. The van der Waals surface area contributed by atoms with Crippen molar-refractivity contribution < 1.29 is 9.53 Å². The second-order valence-electron chi connectivity index (χ2n) is 5.20. The van der Waals surface area contributed by atoms with Gasteiger partial charge in [0.2, 0.25) is 0 Å². The number of ether oxygens (including phenoxy) is 1. The lowest BCUT2D eigenvalue weighted by Crippen LogP contribution is -2.07. The summed E-state index contributed by atoms with van der Waals surface area (Å²) in [5.74, 6) is -0.289. The van der Waals surface area contributed by atoms with Crippen LogP contribution in [0.4, 0.5) is 0 Å². The third kappa shape index (κ3) is 3.95. The van der Waals surface area contributed by atoms with E-state index >= 15 is 0 Å². The van der Waals surface area contributed by atoms with Crippen LogP contribution in [-0.2, 0) is 16.1 Å². The Labute approximate surface area is 114 Å². The van der Waals surface area contributed by atoms with Gasteiger partial charge in [0.1, 0.15) is 6.61 Å². The quantitative estimate of drug-likeness (QED) is 0.767. The number of hydrogen-bond donors (Lipinski definition) is 0. The highest BCUT2D eigenvalue weighted by atomic mass is 16.5. The molecule has 98 valence electrons. The Hall–Kier alpha value is -2.09. The molecule has 0 bridgehead atoms. The maximum atomic E-state index is 12.0. The fourth-order valence-electron chi connectivity index (χ4n) is 1.76. The number of carbonyl (C=O) groups is 1. The Morgan fingerprint density at radius 1 is 1.16 bits per heavy atom. The SMILES string of the molecule is CC1(C)C=CC=C(C(=O)OCc2ccccc2)C=C1. The van der Waals surface area contributed by atoms with Crippen molar-refractivity contribution in [2.24, 2.45) is 5.41 Å². The molecule has 1 aromatic rings. The molecule has 1 aliphatic carbocycles. The van der Waals surface area contributed by atoms with Crippen LogP contribution in [0.3, 0.4) is 0 Å². The summed E-state index contributed by atoms with van der Waals surface area (Å²) in [4.78, 5) is 12.0. The summed E-state index contributed by atoms with van der Waals surface area (Å²) in [5, 5.41) is 0. The van der Waals surface area contributed by atoms with Crippen molar-refractivity contribution in [1.82, 2.24) is 0 Å². The van der Waals surface area contributed by atoms with E-state index in [4.69, 9.17) is 4.74 Å². The summed E-state index contributed by atoms with van der Waals surface area (Å²) in [6.07, 6.45) is 9.58. The van der Waals surface area contributed by atoms with Crippen molar-refractivity contribution in [1.29, 1.82) is 0 Å². The molecule has 1 aliphatic rings. The first-order chi connectivity index (χ1) is 9.07. The summed E-state index contributed by atoms with van der Waals surface area (Å²) in [6, 6.07) is 9.68. The third-order valence-corrected chi connectivity index (χ3v) is 2.94. The Morgan fingerprint density at radius 2 is 1.89 bits per heavy atom. The molecule has 19 heavy (non-hydrogen) atoms. The highest BCUT2D eigenvalue weighted by Gasteiger charge is 2.14. The second kappa shape index (κ2) is 5.70. The van der Waals surface area contributed by atoms with E-state index in [1.54, 1.807) is 6.08 Å². The molecule has 0 saturated carbocycles. The van der Waals surface area contributed by atoms with Crippen LogP contribution in [0.2, 0.25) is 0 Å². The van der Waals surface area contributed by atoms with Crippen LogP contribution >= 0.6 is 0 Å². The molecule has 2 heteroatoms. The molecule has 0 heterocycles. The number of benzene rings is 1. The van der Waals surface area contributed by atoms with Crippen LogP contribution in [0.1, 0.15) is 19.4 Å². The average Bonchev–Trinajstić information content (AvgIpc) is 2.58. The molecule has 0 amide bonds. The monoisotopic (exact) mass is 254 g/mol. The molecule has 0 aromatic heterocycles. The van der Waals surface area contributed by atoms with Gasteiger partial charge < -0.3 is 4.74 Å². The fraction of sp³-hybridized carbons (Fsp3) is 0.235. The zero-order chi connectivity index (χ0) is 13.7. The minimum atomic E-state index is -0.289. The van der Waals surface area contributed by atoms with E-state index in [0.29, 0.717) is 12.2 Å². The smallest absolute Gasteiger partial charge is 0.338 e. The highest BCUT2D eigenvalue weighted by molar-refractivity contribution is 5.92. The van der Waals surface area contributed by atoms with Crippen LogP contribution in [0, 0.1) is 5.41 Å². The number of esters is 1. The predicted molar refractivity (Wildman–Crippen MR) is 76.4 cm³/mol. The van der Waals surface area contributed by atoms with Gasteiger partial charge in [0, 0.05) is 5.41 Å². The summed E-state index contributed by atoms with van der Waals surface area (Å²) in [7, 11) is 0. The molecule has 0 fully saturated rings. The molecular formula is C17H18O2. The van der Waals surface area contributed by atoms with Crippen molar-refractivity contribution in [2.45, 2.75) is 20.5 Å². The van der Waals surface area contributed by atoms with Gasteiger partial charge in [-0.2, -0.15) is 0 Å². The topological polar surface area (TPSA) is 26.3 Å². The molecule has 0 saturated heterocycles. The van der Waals surface area contributed by atoms with Gasteiger partial charge in [-0.1, -0.05) is 68.5 Å². The van der Waals surface area contributed by atoms with Crippen LogP contribution in [-0.4, -0.2) is 5.97 Å². The Kier molecular flexibility index (Phi) is 4.00. The highest BCUT2D eigenvalue weighted by Crippen LogP contribution is 2.23. The Morgan fingerprint density at radius 3 is 2.63 bits per heavy atom. The van der Waals surface area contributed by atoms with Gasteiger partial charge in [-0.3, -0.25) is 0 Å². The van der Waals surface area contributed by atoms with Crippen molar-refractivity contribution in [3.63, 3.8) is 0 Å². The second-order valence-corrected chi connectivity index (χ2v) is 5.20. The zero-order valence-corrected chi connectivity index (χ0v) is 11.3. The molecule has 2 rings (SSSR count). The molecule has 0 radical (unpaired) electrons. The largest absolute Gasteiger partial charge is 0.457 e. The maximum absolute atomic E-state index is 12.0. The van der Waals surface area contributed by atoms with Gasteiger partial charge in [-0.05, 0) is 11.6 Å². The van der Waals surface area contributed by atoms with E-state index in [2.05, 4.69) is 19.9 Å². The Balaban J connectivity index is 1.98. The number of carbonyl (C=O) groups excluding carboxylic acids is 1. The van der Waals surface area contributed by atoms with Crippen LogP contribution in [0.5, 0.6) is 0 Å². The summed E-state index contributed by atoms with van der Waals surface area (Å²) >= 11 is 0. The first kappa shape index (κ1) is 13.3. The van der Waals surface area contributed by atoms with Crippen LogP contribution in [0.15, 0.2) is 66.3 Å². The number of hydrogen-bond acceptors (Lipinski definition) is 2. The van der Waals surface area contributed by atoms with E-state index in [1.165, 1.54) is 0 Å². The molecule has 2 nitrogen and oxygen atoms in total. The predicted octanol–water partition coefficient (Wildman–Crippen LogP) is 3.81. The summed E-state index contributed by atoms with van der Waals surface area (Å²) < 4.78 is 5.30. The minimum Gasteiger partial charge on any atom is -0.457 e. The lowest BCUT2D eigenvalue weighted by molar-refractivity contribution is -0.139. The van der Waals surface area contributed by atoms with Gasteiger partial charge in [0.05, 0.1) is 5.57 Å². The van der Waals surface area contributed by atoms with Gasteiger partial charge in [0.15, 0.2) is 0 Å².